The van der Waals surface area contributed by atoms with Gasteiger partial charge in [0.25, 0.3) is 5.56 Å². The predicted octanol–water partition coefficient (Wildman–Crippen LogP) is -0.0791. The quantitative estimate of drug-likeness (QED) is 0.773. The third kappa shape index (κ3) is 3.16. The van der Waals surface area contributed by atoms with Crippen molar-refractivity contribution in [2.75, 3.05) is 17.7 Å². The van der Waals surface area contributed by atoms with Crippen LogP contribution in [0, 0.1) is 5.82 Å². The Kier molecular flexibility index (Phi) is 3.88. The van der Waals surface area contributed by atoms with Gasteiger partial charge in [0.15, 0.2) is 0 Å². The van der Waals surface area contributed by atoms with E-state index >= 15 is 0 Å². The number of rotatable bonds is 3. The van der Waals surface area contributed by atoms with Gasteiger partial charge < -0.3 is 10.6 Å². The number of nitrogens with zero attached hydrogens (tertiary/aromatic N) is 2. The molecule has 0 spiro atoms. The van der Waals surface area contributed by atoms with Gasteiger partial charge in [-0.3, -0.25) is 19.1 Å². The van der Waals surface area contributed by atoms with Gasteiger partial charge in [-0.15, -0.1) is 0 Å². The topological polar surface area (TPSA) is 101 Å². The lowest BCUT2D eigenvalue weighted by molar-refractivity contribution is -0.118. The van der Waals surface area contributed by atoms with Crippen LogP contribution in [0.5, 0.6) is 0 Å². The summed E-state index contributed by atoms with van der Waals surface area (Å²) in [4.78, 5) is 37.6. The Labute approximate surface area is 118 Å². The number of H-pyrrole nitrogens is 1. The van der Waals surface area contributed by atoms with Crippen LogP contribution < -0.4 is 21.9 Å². The van der Waals surface area contributed by atoms with Crippen molar-refractivity contribution in [3.05, 3.63) is 57.1 Å². The number of nitrogen functional groups attached to an aromatic ring is 1. The molecule has 0 unspecified atom stereocenters. The maximum absolute atomic E-state index is 13.1. The molecule has 0 bridgehead atoms. The molecule has 0 saturated heterocycles. The second-order valence-corrected chi connectivity index (χ2v) is 4.41. The molecule has 2 rings (SSSR count). The predicted molar refractivity (Wildman–Crippen MR) is 75.5 cm³/mol. The summed E-state index contributed by atoms with van der Waals surface area (Å²) in [6.07, 6.45) is 0.704. The lowest BCUT2D eigenvalue weighted by atomic mass is 10.2. The molecular weight excluding hydrogens is 279 g/mol. The molecule has 0 aliphatic carbocycles. The molecule has 0 fully saturated rings. The van der Waals surface area contributed by atoms with Crippen LogP contribution in [0.2, 0.25) is 0 Å². The van der Waals surface area contributed by atoms with Crippen LogP contribution in [0.25, 0.3) is 0 Å². The first-order valence-electron chi connectivity index (χ1n) is 6.00. The number of halogens is 1. The highest BCUT2D eigenvalue weighted by Gasteiger charge is 2.13. The van der Waals surface area contributed by atoms with Crippen molar-refractivity contribution in [1.82, 2.24) is 9.55 Å². The van der Waals surface area contributed by atoms with E-state index in [0.29, 0.717) is 17.6 Å². The number of amides is 1. The molecule has 1 heterocycles. The van der Waals surface area contributed by atoms with Crippen LogP contribution in [-0.4, -0.2) is 22.5 Å². The molecule has 8 heteroatoms. The molecule has 0 atom stereocenters. The van der Waals surface area contributed by atoms with Crippen molar-refractivity contribution < 1.29 is 9.18 Å². The Bertz CT molecular complexity index is 779. The second-order valence-electron chi connectivity index (χ2n) is 4.41. The van der Waals surface area contributed by atoms with E-state index < -0.39 is 29.5 Å². The van der Waals surface area contributed by atoms with E-state index in [1.165, 1.54) is 11.9 Å². The minimum Gasteiger partial charge on any atom is -0.399 e. The number of carbonyl (C=O) groups is 1. The van der Waals surface area contributed by atoms with Crippen molar-refractivity contribution in [3.63, 3.8) is 0 Å². The van der Waals surface area contributed by atoms with Gasteiger partial charge in [0.2, 0.25) is 11.7 Å². The number of aromatic nitrogens is 2. The van der Waals surface area contributed by atoms with Crippen molar-refractivity contribution in [1.29, 1.82) is 0 Å². The van der Waals surface area contributed by atoms with Crippen LogP contribution in [0.4, 0.5) is 15.8 Å². The van der Waals surface area contributed by atoms with E-state index in [1.54, 1.807) is 29.2 Å². The van der Waals surface area contributed by atoms with Gasteiger partial charge in [-0.05, 0) is 24.3 Å². The van der Waals surface area contributed by atoms with Crippen LogP contribution in [0.3, 0.4) is 0 Å². The van der Waals surface area contributed by atoms with Crippen molar-refractivity contribution >= 4 is 17.3 Å². The molecule has 1 aromatic heterocycles. The molecule has 0 aliphatic heterocycles. The first-order chi connectivity index (χ1) is 9.88. The van der Waals surface area contributed by atoms with Gasteiger partial charge in [-0.2, -0.15) is 4.39 Å². The first-order valence-corrected chi connectivity index (χ1v) is 6.00. The summed E-state index contributed by atoms with van der Waals surface area (Å²) in [7, 11) is 1.51. The molecule has 21 heavy (non-hydrogen) atoms. The minimum atomic E-state index is -1.13. The Balaban J connectivity index is 2.22. The van der Waals surface area contributed by atoms with E-state index in [4.69, 9.17) is 5.73 Å². The fourth-order valence-corrected chi connectivity index (χ4v) is 1.69. The normalized spacial score (nSPS) is 10.4. The van der Waals surface area contributed by atoms with Gasteiger partial charge in [-0.1, -0.05) is 0 Å². The molecule has 0 radical (unpaired) electrons. The molecule has 7 nitrogen and oxygen atoms in total. The summed E-state index contributed by atoms with van der Waals surface area (Å²) in [5, 5.41) is 0. The number of hydrogen-bond donors (Lipinski definition) is 2. The van der Waals surface area contributed by atoms with Gasteiger partial charge >= 0.3 is 5.69 Å². The maximum atomic E-state index is 13.1. The van der Waals surface area contributed by atoms with Crippen molar-refractivity contribution in [2.45, 2.75) is 6.54 Å². The maximum Gasteiger partial charge on any atom is 0.328 e. The van der Waals surface area contributed by atoms with Crippen molar-refractivity contribution in [3.8, 4) is 0 Å². The number of benzene rings is 1. The Morgan fingerprint density at radius 2 is 1.95 bits per heavy atom. The lowest BCUT2D eigenvalue weighted by Crippen LogP contribution is -2.37. The SMILES string of the molecule is CN(C(=O)Cn1cc(F)c(=O)[nH]c1=O)c1ccc(N)cc1. The zero-order chi connectivity index (χ0) is 15.6. The van der Waals surface area contributed by atoms with Gasteiger partial charge in [-0.25, -0.2) is 4.79 Å². The number of carbonyl (C=O) groups excluding carboxylic acids is 1. The standard InChI is InChI=1S/C13H13FN4O3/c1-17(9-4-2-8(15)3-5-9)11(19)7-18-6-10(14)12(20)16-13(18)21/h2-6H,7,15H2,1H3,(H,16,20,21). The van der Waals surface area contributed by atoms with Gasteiger partial charge in [0.05, 0.1) is 6.20 Å². The van der Waals surface area contributed by atoms with Crippen LogP contribution in [-0.2, 0) is 11.3 Å². The van der Waals surface area contributed by atoms with Crippen LogP contribution in [0.1, 0.15) is 0 Å². The fraction of sp³-hybridized carbons (Fsp3) is 0.154. The highest BCUT2D eigenvalue weighted by molar-refractivity contribution is 5.92. The Morgan fingerprint density at radius 3 is 2.57 bits per heavy atom. The number of anilines is 2. The summed E-state index contributed by atoms with van der Waals surface area (Å²) >= 11 is 0. The fourth-order valence-electron chi connectivity index (χ4n) is 1.69. The molecule has 0 saturated carbocycles. The average molecular weight is 292 g/mol. The number of nitrogens with two attached hydrogens (primary N) is 1. The zero-order valence-corrected chi connectivity index (χ0v) is 11.2. The summed E-state index contributed by atoms with van der Waals surface area (Å²) < 4.78 is 13.9. The van der Waals surface area contributed by atoms with Gasteiger partial charge in [0, 0.05) is 18.4 Å². The Hall–Kier alpha value is -2.90. The highest BCUT2D eigenvalue weighted by Crippen LogP contribution is 2.15. The molecular formula is C13H13FN4O3. The Morgan fingerprint density at radius 1 is 1.33 bits per heavy atom. The monoisotopic (exact) mass is 292 g/mol. The summed E-state index contributed by atoms with van der Waals surface area (Å²) in [6.45, 7) is -0.395. The van der Waals surface area contributed by atoms with Crippen molar-refractivity contribution in [2.24, 2.45) is 0 Å². The zero-order valence-electron chi connectivity index (χ0n) is 11.2. The summed E-state index contributed by atoms with van der Waals surface area (Å²) in [6, 6.07) is 6.54. The van der Waals surface area contributed by atoms with E-state index in [9.17, 15) is 18.8 Å². The average Bonchev–Trinajstić information content (AvgIpc) is 2.44. The number of aromatic amines is 1. The number of nitrogens with one attached hydrogen (secondary N) is 1. The number of likely N-dealkylation sites (N-methyl/N-ethyl adjacent to an activating group) is 1. The molecule has 3 N–H and O–H groups in total. The largest absolute Gasteiger partial charge is 0.399 e. The molecule has 1 amide bonds. The third-order valence-electron chi connectivity index (χ3n) is 2.93. The van der Waals surface area contributed by atoms with E-state index in [1.807, 2.05) is 0 Å². The minimum absolute atomic E-state index is 0.395. The smallest absolute Gasteiger partial charge is 0.328 e. The summed E-state index contributed by atoms with van der Waals surface area (Å²) in [5.41, 5.74) is 4.72. The van der Waals surface area contributed by atoms with Crippen LogP contribution in [0.15, 0.2) is 40.1 Å². The molecule has 2 aromatic rings. The lowest BCUT2D eigenvalue weighted by Gasteiger charge is -2.18. The molecule has 1 aromatic carbocycles. The third-order valence-corrected chi connectivity index (χ3v) is 2.93. The summed E-state index contributed by atoms with van der Waals surface area (Å²) in [5.74, 6) is -1.58. The van der Waals surface area contributed by atoms with Gasteiger partial charge in [0.1, 0.15) is 6.54 Å². The van der Waals surface area contributed by atoms with E-state index in [2.05, 4.69) is 0 Å². The van der Waals surface area contributed by atoms with Crippen LogP contribution >= 0.6 is 0 Å². The molecule has 110 valence electrons. The van der Waals surface area contributed by atoms with E-state index in [0.717, 1.165) is 4.57 Å². The first kappa shape index (κ1) is 14.5. The number of hydrogen-bond acceptors (Lipinski definition) is 4. The second kappa shape index (κ2) is 5.61. The highest BCUT2D eigenvalue weighted by atomic mass is 19.1. The molecule has 0 aliphatic rings. The van der Waals surface area contributed by atoms with E-state index in [-0.39, 0.29) is 0 Å².